The van der Waals surface area contributed by atoms with Crippen molar-refractivity contribution in [1.29, 1.82) is 0 Å². The quantitative estimate of drug-likeness (QED) is 0.752. The first-order valence-corrected chi connectivity index (χ1v) is 9.99. The highest BCUT2D eigenvalue weighted by atomic mass is 35.5. The fraction of sp³-hybridized carbons (Fsp3) is 0.368. The third-order valence-electron chi connectivity index (χ3n) is 4.25. The summed E-state index contributed by atoms with van der Waals surface area (Å²) in [4.78, 5) is 28.6. The van der Waals surface area contributed by atoms with Crippen LogP contribution >= 0.6 is 23.4 Å². The molecule has 1 aromatic carbocycles. The summed E-state index contributed by atoms with van der Waals surface area (Å²) >= 11 is 7.75. The Balaban J connectivity index is 1.87. The maximum atomic E-state index is 12.7. The second kappa shape index (κ2) is 7.13. The predicted octanol–water partition coefficient (Wildman–Crippen LogP) is 3.80. The van der Waals surface area contributed by atoms with Gasteiger partial charge < -0.3 is 19.8 Å². The molecule has 1 aromatic heterocycles. The van der Waals surface area contributed by atoms with Crippen molar-refractivity contribution in [3.05, 3.63) is 49.9 Å². The molecule has 0 atom stereocenters. The van der Waals surface area contributed by atoms with Crippen molar-refractivity contribution in [2.24, 2.45) is 0 Å². The normalized spacial score (nSPS) is 14.3. The van der Waals surface area contributed by atoms with Crippen molar-refractivity contribution < 1.29 is 14.3 Å². The Bertz CT molecular complexity index is 985. The van der Waals surface area contributed by atoms with E-state index in [0.29, 0.717) is 33.2 Å². The van der Waals surface area contributed by atoms with E-state index < -0.39 is 5.79 Å². The number of pyridine rings is 1. The molecule has 2 heterocycles. The molecule has 0 fully saturated rings. The number of aromatic amines is 1. The zero-order valence-electron chi connectivity index (χ0n) is 15.8. The minimum absolute atomic E-state index is 0.113. The first kappa shape index (κ1) is 19.6. The molecule has 1 aliphatic rings. The summed E-state index contributed by atoms with van der Waals surface area (Å²) in [6.45, 7) is 7.26. The van der Waals surface area contributed by atoms with Crippen LogP contribution < -0.4 is 20.3 Å². The molecule has 3 rings (SSSR count). The van der Waals surface area contributed by atoms with E-state index in [9.17, 15) is 9.59 Å². The Hall–Kier alpha value is -2.12. The molecule has 0 spiro atoms. The number of halogens is 1. The molecule has 8 heteroatoms. The van der Waals surface area contributed by atoms with Gasteiger partial charge >= 0.3 is 0 Å². The fourth-order valence-electron chi connectivity index (χ4n) is 2.97. The number of nitrogens with one attached hydrogen (secondary N) is 2. The van der Waals surface area contributed by atoms with Crippen molar-refractivity contribution in [2.45, 2.75) is 44.9 Å². The van der Waals surface area contributed by atoms with Crippen LogP contribution in [0.5, 0.6) is 11.5 Å². The SMILES string of the molecule is CSc1cc(C)[nH]c(=O)c1CNC(=O)c1cc(Cl)c2c(c1C)OC(C)(C)O2. The molecule has 0 bridgehead atoms. The van der Waals surface area contributed by atoms with Crippen LogP contribution in [0.1, 0.15) is 41.0 Å². The van der Waals surface area contributed by atoms with Crippen LogP contribution in [-0.4, -0.2) is 22.9 Å². The molecule has 2 N–H and O–H groups in total. The van der Waals surface area contributed by atoms with E-state index in [1.165, 1.54) is 11.8 Å². The molecule has 2 aromatic rings. The van der Waals surface area contributed by atoms with E-state index in [1.54, 1.807) is 26.8 Å². The summed E-state index contributed by atoms with van der Waals surface area (Å²) in [7, 11) is 0. The number of hydrogen-bond donors (Lipinski definition) is 2. The number of benzene rings is 1. The van der Waals surface area contributed by atoms with Crippen molar-refractivity contribution in [3.8, 4) is 11.5 Å². The van der Waals surface area contributed by atoms with Gasteiger partial charge in [-0.3, -0.25) is 9.59 Å². The molecule has 1 amide bonds. The van der Waals surface area contributed by atoms with Crippen LogP contribution in [-0.2, 0) is 6.54 Å². The number of H-pyrrole nitrogens is 1. The van der Waals surface area contributed by atoms with Crippen molar-refractivity contribution in [3.63, 3.8) is 0 Å². The number of aryl methyl sites for hydroxylation is 1. The Labute approximate surface area is 166 Å². The number of aromatic nitrogens is 1. The van der Waals surface area contributed by atoms with E-state index >= 15 is 0 Å². The van der Waals surface area contributed by atoms with Crippen LogP contribution in [0, 0.1) is 13.8 Å². The molecule has 144 valence electrons. The Morgan fingerprint density at radius 1 is 1.26 bits per heavy atom. The summed E-state index contributed by atoms with van der Waals surface area (Å²) in [5.74, 6) is -0.266. The molecular formula is C19H21ClN2O4S. The first-order valence-electron chi connectivity index (χ1n) is 8.39. The molecule has 0 saturated heterocycles. The highest BCUT2D eigenvalue weighted by Crippen LogP contribution is 2.47. The summed E-state index contributed by atoms with van der Waals surface area (Å²) in [6, 6.07) is 3.45. The van der Waals surface area contributed by atoms with E-state index in [2.05, 4.69) is 10.3 Å². The minimum Gasteiger partial charge on any atom is -0.449 e. The van der Waals surface area contributed by atoms with Gasteiger partial charge in [0, 0.05) is 47.7 Å². The van der Waals surface area contributed by atoms with Gasteiger partial charge in [0.05, 0.1) is 5.02 Å². The molecule has 0 radical (unpaired) electrons. The molecule has 27 heavy (non-hydrogen) atoms. The third-order valence-corrected chi connectivity index (χ3v) is 5.34. The van der Waals surface area contributed by atoms with Gasteiger partial charge in [0.1, 0.15) is 0 Å². The van der Waals surface area contributed by atoms with Gasteiger partial charge in [0.15, 0.2) is 11.5 Å². The number of carbonyl (C=O) groups excluding carboxylic acids is 1. The predicted molar refractivity (Wildman–Crippen MR) is 106 cm³/mol. The van der Waals surface area contributed by atoms with Gasteiger partial charge in [-0.25, -0.2) is 0 Å². The second-order valence-electron chi connectivity index (χ2n) is 6.80. The highest BCUT2D eigenvalue weighted by Gasteiger charge is 2.36. The maximum Gasteiger partial charge on any atom is 0.254 e. The highest BCUT2D eigenvalue weighted by molar-refractivity contribution is 7.98. The fourth-order valence-corrected chi connectivity index (χ4v) is 3.91. The van der Waals surface area contributed by atoms with Gasteiger partial charge in [-0.05, 0) is 32.2 Å². The van der Waals surface area contributed by atoms with Crippen molar-refractivity contribution in [2.75, 3.05) is 6.26 Å². The first-order chi connectivity index (χ1) is 12.6. The molecule has 0 unspecified atom stereocenters. The summed E-state index contributed by atoms with van der Waals surface area (Å²) < 4.78 is 11.5. The zero-order valence-corrected chi connectivity index (χ0v) is 17.4. The molecule has 0 saturated carbocycles. The van der Waals surface area contributed by atoms with Gasteiger partial charge in [0.25, 0.3) is 11.5 Å². The minimum atomic E-state index is -0.839. The zero-order chi connectivity index (χ0) is 19.9. The number of rotatable bonds is 4. The van der Waals surface area contributed by atoms with E-state index in [1.807, 2.05) is 19.2 Å². The monoisotopic (exact) mass is 408 g/mol. The smallest absolute Gasteiger partial charge is 0.254 e. The Morgan fingerprint density at radius 2 is 1.93 bits per heavy atom. The van der Waals surface area contributed by atoms with Gasteiger partial charge in [-0.1, -0.05) is 11.6 Å². The lowest BCUT2D eigenvalue weighted by molar-refractivity contribution is -0.0434. The number of fused-ring (bicyclic) bond motifs is 1. The van der Waals surface area contributed by atoms with E-state index in [0.717, 1.165) is 10.6 Å². The van der Waals surface area contributed by atoms with Crippen LogP contribution in [0.2, 0.25) is 5.02 Å². The lowest BCUT2D eigenvalue weighted by Gasteiger charge is -2.16. The number of hydrogen-bond acceptors (Lipinski definition) is 5. The second-order valence-corrected chi connectivity index (χ2v) is 8.06. The van der Waals surface area contributed by atoms with Crippen LogP contribution in [0.15, 0.2) is 21.8 Å². The number of thioether (sulfide) groups is 1. The lowest BCUT2D eigenvalue weighted by Crippen LogP contribution is -2.30. The average Bonchev–Trinajstić information content (AvgIpc) is 2.92. The summed E-state index contributed by atoms with van der Waals surface area (Å²) in [5.41, 5.74) is 2.11. The Morgan fingerprint density at radius 3 is 2.59 bits per heavy atom. The van der Waals surface area contributed by atoms with Gasteiger partial charge in [-0.15, -0.1) is 11.8 Å². The van der Waals surface area contributed by atoms with E-state index in [-0.39, 0.29) is 18.0 Å². The van der Waals surface area contributed by atoms with Gasteiger partial charge in [0.2, 0.25) is 5.79 Å². The van der Waals surface area contributed by atoms with Crippen molar-refractivity contribution >= 4 is 29.3 Å². The topological polar surface area (TPSA) is 80.4 Å². The Kier molecular flexibility index (Phi) is 5.18. The molecular weight excluding hydrogens is 388 g/mol. The molecule has 1 aliphatic heterocycles. The largest absolute Gasteiger partial charge is 0.449 e. The van der Waals surface area contributed by atoms with Crippen molar-refractivity contribution in [1.82, 2.24) is 10.3 Å². The van der Waals surface area contributed by atoms with Crippen LogP contribution in [0.25, 0.3) is 0 Å². The maximum absolute atomic E-state index is 12.7. The molecule has 0 aliphatic carbocycles. The van der Waals surface area contributed by atoms with E-state index in [4.69, 9.17) is 21.1 Å². The van der Waals surface area contributed by atoms with Crippen LogP contribution in [0.4, 0.5) is 0 Å². The lowest BCUT2D eigenvalue weighted by atomic mass is 10.1. The number of amides is 1. The standard InChI is InChI=1S/C19H21ClN2O4S/c1-9-6-14(27-5)12(18(24)22-9)8-21-17(23)11-7-13(20)16-15(10(11)2)25-19(3,4)26-16/h6-7H,8H2,1-5H3,(H,21,23)(H,22,24). The molecule has 6 nitrogen and oxygen atoms in total. The summed E-state index contributed by atoms with van der Waals surface area (Å²) in [6.07, 6.45) is 1.89. The summed E-state index contributed by atoms with van der Waals surface area (Å²) in [5, 5.41) is 3.11. The third kappa shape index (κ3) is 3.80. The number of ether oxygens (including phenoxy) is 2. The number of carbonyl (C=O) groups is 1. The van der Waals surface area contributed by atoms with Gasteiger partial charge in [-0.2, -0.15) is 0 Å². The average molecular weight is 409 g/mol. The van der Waals surface area contributed by atoms with Crippen LogP contribution in [0.3, 0.4) is 0 Å².